The first-order chi connectivity index (χ1) is 11.7. The Kier molecular flexibility index (Phi) is 5.62. The smallest absolute Gasteiger partial charge is 0.319 e. The van der Waals surface area contributed by atoms with E-state index in [1.807, 2.05) is 30.3 Å². The van der Waals surface area contributed by atoms with Gasteiger partial charge in [0.15, 0.2) is 0 Å². The van der Waals surface area contributed by atoms with Gasteiger partial charge in [0.05, 0.1) is 10.8 Å². The van der Waals surface area contributed by atoms with Crippen molar-refractivity contribution in [3.05, 3.63) is 53.6 Å². The van der Waals surface area contributed by atoms with Gasteiger partial charge >= 0.3 is 5.97 Å². The van der Waals surface area contributed by atoms with Gasteiger partial charge in [-0.3, -0.25) is 4.79 Å². The normalized spacial score (nSPS) is 16.1. The molecule has 2 aromatic rings. The second kappa shape index (κ2) is 7.89. The third-order valence-corrected chi connectivity index (χ3v) is 5.75. The summed E-state index contributed by atoms with van der Waals surface area (Å²) >= 11 is 1.68. The lowest BCUT2D eigenvalue weighted by Gasteiger charge is -2.09. The molecule has 2 nitrogen and oxygen atoms in total. The summed E-state index contributed by atoms with van der Waals surface area (Å²) in [5.41, 5.74) is 2.30. The molecule has 24 heavy (non-hydrogen) atoms. The molecule has 0 N–H and O–H groups in total. The maximum Gasteiger partial charge on any atom is 0.319 e. The largest absolute Gasteiger partial charge is 0.425 e. The predicted molar refractivity (Wildman–Crippen MR) is 98.9 cm³/mol. The van der Waals surface area contributed by atoms with Crippen LogP contribution in [0.4, 0.5) is 0 Å². The molecule has 0 bridgehead atoms. The van der Waals surface area contributed by atoms with Crippen LogP contribution in [0.15, 0.2) is 52.3 Å². The average Bonchev–Trinajstić information content (AvgIpc) is 2.90. The number of carbonyl (C=O) groups is 1. The van der Waals surface area contributed by atoms with Crippen molar-refractivity contribution < 1.29 is 9.53 Å². The molecule has 0 spiro atoms. The van der Waals surface area contributed by atoms with E-state index in [-0.39, 0.29) is 11.9 Å². The summed E-state index contributed by atoms with van der Waals surface area (Å²) in [5.74, 6) is 0.602. The number of rotatable bonds is 7. The zero-order chi connectivity index (χ0) is 16.9. The standard InChI is InChI=1S/C21H24O2S/c1-3-4-5-6-11-17-16-12-9-14-19(20(16)23-21(17)22)24-18-13-8-7-10-15(18)2/h7-10,12-14,17H,3-6,11H2,1-2H3. The van der Waals surface area contributed by atoms with Crippen LogP contribution in [0.5, 0.6) is 5.75 Å². The molecule has 1 aliphatic heterocycles. The number of esters is 1. The molecule has 0 amide bonds. The van der Waals surface area contributed by atoms with Crippen LogP contribution in [-0.4, -0.2) is 5.97 Å². The van der Waals surface area contributed by atoms with Crippen LogP contribution in [0.3, 0.4) is 0 Å². The molecule has 0 saturated heterocycles. The Morgan fingerprint density at radius 3 is 2.58 bits per heavy atom. The van der Waals surface area contributed by atoms with Gasteiger partial charge in [-0.15, -0.1) is 0 Å². The number of hydrogen-bond acceptors (Lipinski definition) is 3. The molecule has 0 saturated carbocycles. The van der Waals surface area contributed by atoms with Gasteiger partial charge in [-0.25, -0.2) is 0 Å². The molecule has 1 aliphatic rings. The van der Waals surface area contributed by atoms with Crippen LogP contribution >= 0.6 is 11.8 Å². The topological polar surface area (TPSA) is 26.3 Å². The molecule has 126 valence electrons. The van der Waals surface area contributed by atoms with Crippen molar-refractivity contribution in [3.8, 4) is 5.75 Å². The van der Waals surface area contributed by atoms with Crippen molar-refractivity contribution in [2.75, 3.05) is 0 Å². The fourth-order valence-electron chi connectivity index (χ4n) is 3.13. The Morgan fingerprint density at radius 2 is 1.79 bits per heavy atom. The molecule has 3 heteroatoms. The Hall–Kier alpha value is -1.74. The summed E-state index contributed by atoms with van der Waals surface area (Å²) in [6.07, 6.45) is 5.61. The first-order valence-electron chi connectivity index (χ1n) is 8.78. The lowest BCUT2D eigenvalue weighted by atomic mass is 9.94. The fourth-order valence-corrected chi connectivity index (χ4v) is 4.14. The van der Waals surface area contributed by atoms with Crippen LogP contribution in [0.2, 0.25) is 0 Å². The maximum atomic E-state index is 12.3. The second-order valence-corrected chi connectivity index (χ2v) is 7.45. The minimum Gasteiger partial charge on any atom is -0.425 e. The van der Waals surface area contributed by atoms with E-state index in [1.54, 1.807) is 11.8 Å². The third-order valence-electron chi connectivity index (χ3n) is 4.53. The average molecular weight is 340 g/mol. The van der Waals surface area contributed by atoms with Gasteiger partial charge in [0.25, 0.3) is 0 Å². The van der Waals surface area contributed by atoms with Gasteiger partial charge in [0, 0.05) is 10.5 Å². The lowest BCUT2D eigenvalue weighted by molar-refractivity contribution is -0.134. The molecule has 2 aromatic carbocycles. The van der Waals surface area contributed by atoms with E-state index in [1.165, 1.54) is 29.7 Å². The van der Waals surface area contributed by atoms with E-state index in [0.717, 1.165) is 29.1 Å². The maximum absolute atomic E-state index is 12.3. The van der Waals surface area contributed by atoms with Crippen molar-refractivity contribution in [1.29, 1.82) is 0 Å². The number of para-hydroxylation sites is 1. The molecule has 0 aromatic heterocycles. The molecule has 1 atom stereocenters. The van der Waals surface area contributed by atoms with Gasteiger partial charge in [0.2, 0.25) is 0 Å². The molecular formula is C21H24O2S. The van der Waals surface area contributed by atoms with Gasteiger partial charge < -0.3 is 4.74 Å². The van der Waals surface area contributed by atoms with E-state index in [2.05, 4.69) is 26.0 Å². The Morgan fingerprint density at radius 1 is 1.00 bits per heavy atom. The van der Waals surface area contributed by atoms with Crippen molar-refractivity contribution in [2.24, 2.45) is 0 Å². The summed E-state index contributed by atoms with van der Waals surface area (Å²) < 4.78 is 5.66. The van der Waals surface area contributed by atoms with Crippen molar-refractivity contribution in [2.45, 2.75) is 61.7 Å². The number of ether oxygens (including phenoxy) is 1. The third kappa shape index (κ3) is 3.67. The predicted octanol–water partition coefficient (Wildman–Crippen LogP) is 6.12. The van der Waals surface area contributed by atoms with E-state index >= 15 is 0 Å². The highest BCUT2D eigenvalue weighted by Gasteiger charge is 2.34. The van der Waals surface area contributed by atoms with Crippen LogP contribution in [0, 0.1) is 6.92 Å². The Balaban J connectivity index is 1.79. The van der Waals surface area contributed by atoms with Crippen LogP contribution in [0.1, 0.15) is 56.1 Å². The first-order valence-corrected chi connectivity index (χ1v) is 9.60. The summed E-state index contributed by atoms with van der Waals surface area (Å²) in [6, 6.07) is 14.4. The summed E-state index contributed by atoms with van der Waals surface area (Å²) in [6.45, 7) is 4.31. The van der Waals surface area contributed by atoms with Crippen LogP contribution in [-0.2, 0) is 4.79 Å². The van der Waals surface area contributed by atoms with Crippen LogP contribution in [0.25, 0.3) is 0 Å². The van der Waals surface area contributed by atoms with Gasteiger partial charge in [0.1, 0.15) is 5.75 Å². The van der Waals surface area contributed by atoms with Crippen molar-refractivity contribution in [1.82, 2.24) is 0 Å². The SMILES string of the molecule is CCCCCCC1C(=O)Oc2c(Sc3ccccc3C)cccc21. The van der Waals surface area contributed by atoms with Crippen molar-refractivity contribution in [3.63, 3.8) is 0 Å². The van der Waals surface area contributed by atoms with E-state index in [0.29, 0.717) is 0 Å². The quantitative estimate of drug-likeness (QED) is 0.345. The summed E-state index contributed by atoms with van der Waals surface area (Å²) in [4.78, 5) is 14.6. The number of aryl methyl sites for hydroxylation is 1. The molecule has 3 rings (SSSR count). The van der Waals surface area contributed by atoms with Crippen LogP contribution < -0.4 is 4.74 Å². The molecule has 1 heterocycles. The summed E-state index contributed by atoms with van der Waals surface area (Å²) in [7, 11) is 0. The minimum atomic E-state index is -0.0886. The molecular weight excluding hydrogens is 316 g/mol. The van der Waals surface area contributed by atoms with Gasteiger partial charge in [-0.2, -0.15) is 0 Å². The highest BCUT2D eigenvalue weighted by atomic mass is 32.2. The zero-order valence-corrected chi connectivity index (χ0v) is 15.2. The zero-order valence-electron chi connectivity index (χ0n) is 14.4. The van der Waals surface area contributed by atoms with E-state index < -0.39 is 0 Å². The number of fused-ring (bicyclic) bond motifs is 1. The molecule has 0 aliphatic carbocycles. The fraction of sp³-hybridized carbons (Fsp3) is 0.381. The van der Waals surface area contributed by atoms with E-state index in [4.69, 9.17) is 4.74 Å². The van der Waals surface area contributed by atoms with Crippen molar-refractivity contribution >= 4 is 17.7 Å². The van der Waals surface area contributed by atoms with Gasteiger partial charge in [-0.05, 0) is 31.0 Å². The highest BCUT2D eigenvalue weighted by Crippen LogP contribution is 2.46. The first kappa shape index (κ1) is 17.1. The van der Waals surface area contributed by atoms with E-state index in [9.17, 15) is 4.79 Å². The number of carbonyl (C=O) groups excluding carboxylic acids is 1. The molecule has 0 fully saturated rings. The molecule has 0 radical (unpaired) electrons. The monoisotopic (exact) mass is 340 g/mol. The summed E-state index contributed by atoms with van der Waals surface area (Å²) in [5, 5.41) is 0. The highest BCUT2D eigenvalue weighted by molar-refractivity contribution is 7.99. The Labute approximate surface area is 148 Å². The molecule has 1 unspecified atom stereocenters. The lowest BCUT2D eigenvalue weighted by Crippen LogP contribution is -2.10. The number of benzene rings is 2. The van der Waals surface area contributed by atoms with Gasteiger partial charge in [-0.1, -0.05) is 74.7 Å². The minimum absolute atomic E-state index is 0.0840. The number of unbranched alkanes of at least 4 members (excludes halogenated alkanes) is 3. The second-order valence-electron chi connectivity index (χ2n) is 6.37. The Bertz CT molecular complexity index is 724. The number of hydrogen-bond donors (Lipinski definition) is 0.